The van der Waals surface area contributed by atoms with Crippen molar-refractivity contribution in [3.8, 4) is 11.5 Å². The standard InChI is InChI=1S/C24H26N2O3/c1-26(17-18-9-7-13-21(15-18)28-2)23(19-10-5-4-6-11-19)24(27)25-20-12-8-14-22(16-20)29-3/h4-16,23H,17H2,1-3H3,(H,25,27)/t23-/m1/s1. The Morgan fingerprint density at radius 2 is 1.55 bits per heavy atom. The molecule has 0 spiro atoms. The van der Waals surface area contributed by atoms with Gasteiger partial charge in [-0.25, -0.2) is 0 Å². The van der Waals surface area contributed by atoms with Gasteiger partial charge in [0.25, 0.3) is 0 Å². The molecule has 0 aromatic heterocycles. The molecule has 1 N–H and O–H groups in total. The van der Waals surface area contributed by atoms with Crippen molar-refractivity contribution in [2.24, 2.45) is 0 Å². The van der Waals surface area contributed by atoms with E-state index in [0.717, 1.165) is 16.9 Å². The zero-order chi connectivity index (χ0) is 20.6. The summed E-state index contributed by atoms with van der Waals surface area (Å²) in [7, 11) is 5.20. The van der Waals surface area contributed by atoms with Crippen LogP contribution in [0.25, 0.3) is 0 Å². The van der Waals surface area contributed by atoms with Crippen molar-refractivity contribution in [1.29, 1.82) is 0 Å². The molecular formula is C24H26N2O3. The molecule has 3 aromatic rings. The van der Waals surface area contributed by atoms with Gasteiger partial charge in [-0.05, 0) is 42.4 Å². The summed E-state index contributed by atoms with van der Waals surface area (Å²) in [5, 5.41) is 3.02. The maximum atomic E-state index is 13.2. The van der Waals surface area contributed by atoms with Gasteiger partial charge in [0.05, 0.1) is 14.2 Å². The van der Waals surface area contributed by atoms with Crippen LogP contribution in [0.15, 0.2) is 78.9 Å². The van der Waals surface area contributed by atoms with Crippen LogP contribution in [-0.2, 0) is 11.3 Å². The number of carbonyl (C=O) groups is 1. The molecule has 150 valence electrons. The molecule has 1 amide bonds. The fraction of sp³-hybridized carbons (Fsp3) is 0.208. The molecule has 5 heteroatoms. The van der Waals surface area contributed by atoms with Crippen molar-refractivity contribution in [2.75, 3.05) is 26.6 Å². The third-order valence-corrected chi connectivity index (χ3v) is 4.71. The Morgan fingerprint density at radius 1 is 0.897 bits per heavy atom. The summed E-state index contributed by atoms with van der Waals surface area (Å²) < 4.78 is 10.6. The van der Waals surface area contributed by atoms with Gasteiger partial charge in [0.1, 0.15) is 17.5 Å². The summed E-state index contributed by atoms with van der Waals surface area (Å²) in [5.74, 6) is 1.40. The molecule has 29 heavy (non-hydrogen) atoms. The summed E-state index contributed by atoms with van der Waals surface area (Å²) in [6, 6.07) is 24.6. The van der Waals surface area contributed by atoms with Crippen molar-refractivity contribution in [3.63, 3.8) is 0 Å². The van der Waals surface area contributed by atoms with Crippen LogP contribution in [0.4, 0.5) is 5.69 Å². The lowest BCUT2D eigenvalue weighted by atomic mass is 10.0. The van der Waals surface area contributed by atoms with Gasteiger partial charge >= 0.3 is 0 Å². The largest absolute Gasteiger partial charge is 0.497 e. The SMILES string of the molecule is COc1cccc(CN(C)[C@@H](C(=O)Nc2cccc(OC)c2)c2ccccc2)c1. The van der Waals surface area contributed by atoms with Crippen LogP contribution >= 0.6 is 0 Å². The average molecular weight is 390 g/mol. The van der Waals surface area contributed by atoms with Gasteiger partial charge in [-0.3, -0.25) is 9.69 Å². The first-order valence-corrected chi connectivity index (χ1v) is 9.43. The normalized spacial score (nSPS) is 11.7. The highest BCUT2D eigenvalue weighted by atomic mass is 16.5. The van der Waals surface area contributed by atoms with Crippen molar-refractivity contribution < 1.29 is 14.3 Å². The van der Waals surface area contributed by atoms with E-state index in [-0.39, 0.29) is 5.91 Å². The van der Waals surface area contributed by atoms with E-state index in [9.17, 15) is 4.79 Å². The highest BCUT2D eigenvalue weighted by molar-refractivity contribution is 5.95. The summed E-state index contributed by atoms with van der Waals surface area (Å²) in [5.41, 5.74) is 2.70. The van der Waals surface area contributed by atoms with E-state index in [4.69, 9.17) is 9.47 Å². The Morgan fingerprint density at radius 3 is 2.24 bits per heavy atom. The molecule has 0 bridgehead atoms. The third-order valence-electron chi connectivity index (χ3n) is 4.71. The van der Waals surface area contributed by atoms with E-state index >= 15 is 0 Å². The van der Waals surface area contributed by atoms with E-state index in [1.54, 1.807) is 14.2 Å². The maximum absolute atomic E-state index is 13.2. The van der Waals surface area contributed by atoms with Gasteiger partial charge in [-0.2, -0.15) is 0 Å². The summed E-state index contributed by atoms with van der Waals surface area (Å²) in [4.78, 5) is 15.3. The minimum Gasteiger partial charge on any atom is -0.497 e. The molecule has 0 saturated carbocycles. The Bertz CT molecular complexity index is 944. The zero-order valence-corrected chi connectivity index (χ0v) is 17.0. The molecule has 0 unspecified atom stereocenters. The van der Waals surface area contributed by atoms with Gasteiger partial charge in [-0.1, -0.05) is 48.5 Å². The van der Waals surface area contributed by atoms with Crippen LogP contribution in [0.1, 0.15) is 17.2 Å². The van der Waals surface area contributed by atoms with E-state index < -0.39 is 6.04 Å². The van der Waals surface area contributed by atoms with Crippen molar-refractivity contribution in [3.05, 3.63) is 90.0 Å². The van der Waals surface area contributed by atoms with Crippen LogP contribution in [0.3, 0.4) is 0 Å². The zero-order valence-electron chi connectivity index (χ0n) is 17.0. The Labute approximate surface area is 171 Å². The number of carbonyl (C=O) groups excluding carboxylic acids is 1. The second-order valence-corrected chi connectivity index (χ2v) is 6.80. The van der Waals surface area contributed by atoms with Crippen LogP contribution < -0.4 is 14.8 Å². The number of rotatable bonds is 8. The molecule has 1 atom stereocenters. The molecule has 3 aromatic carbocycles. The lowest BCUT2D eigenvalue weighted by Crippen LogP contribution is -2.34. The first kappa shape index (κ1) is 20.4. The second-order valence-electron chi connectivity index (χ2n) is 6.80. The molecule has 3 rings (SSSR count). The highest BCUT2D eigenvalue weighted by Crippen LogP contribution is 2.25. The van der Waals surface area contributed by atoms with Crippen molar-refractivity contribution in [1.82, 2.24) is 4.90 Å². The molecule has 0 heterocycles. The predicted octanol–water partition coefficient (Wildman–Crippen LogP) is 4.52. The average Bonchev–Trinajstić information content (AvgIpc) is 2.75. The van der Waals surface area contributed by atoms with E-state index in [2.05, 4.69) is 5.32 Å². The second kappa shape index (κ2) is 9.75. The molecule has 0 saturated heterocycles. The number of hydrogen-bond donors (Lipinski definition) is 1. The molecule has 5 nitrogen and oxygen atoms in total. The predicted molar refractivity (Wildman–Crippen MR) is 115 cm³/mol. The number of likely N-dealkylation sites (N-methyl/N-ethyl adjacent to an activating group) is 1. The number of benzene rings is 3. The van der Waals surface area contributed by atoms with Gasteiger partial charge < -0.3 is 14.8 Å². The van der Waals surface area contributed by atoms with Crippen molar-refractivity contribution in [2.45, 2.75) is 12.6 Å². The monoisotopic (exact) mass is 390 g/mol. The molecule has 0 aliphatic rings. The number of nitrogens with zero attached hydrogens (tertiary/aromatic N) is 1. The summed E-state index contributed by atoms with van der Waals surface area (Å²) in [6.45, 7) is 0.599. The number of ether oxygens (including phenoxy) is 2. The number of hydrogen-bond acceptors (Lipinski definition) is 4. The Hall–Kier alpha value is -3.31. The lowest BCUT2D eigenvalue weighted by Gasteiger charge is -2.28. The van der Waals surface area contributed by atoms with Gasteiger partial charge in [0.15, 0.2) is 0 Å². The lowest BCUT2D eigenvalue weighted by molar-refractivity contribution is -0.121. The highest BCUT2D eigenvalue weighted by Gasteiger charge is 2.25. The van der Waals surface area contributed by atoms with Crippen molar-refractivity contribution >= 4 is 11.6 Å². The minimum atomic E-state index is -0.450. The first-order valence-electron chi connectivity index (χ1n) is 9.43. The van der Waals surface area contributed by atoms with Gasteiger partial charge in [0, 0.05) is 18.3 Å². The molecular weight excluding hydrogens is 364 g/mol. The summed E-state index contributed by atoms with van der Waals surface area (Å²) >= 11 is 0. The van der Waals surface area contributed by atoms with Gasteiger partial charge in [-0.15, -0.1) is 0 Å². The van der Waals surface area contributed by atoms with Gasteiger partial charge in [0.2, 0.25) is 5.91 Å². The summed E-state index contributed by atoms with van der Waals surface area (Å²) in [6.07, 6.45) is 0. The number of methoxy groups -OCH3 is 2. The number of nitrogens with one attached hydrogen (secondary N) is 1. The minimum absolute atomic E-state index is 0.102. The molecule has 0 aliphatic heterocycles. The van der Waals surface area contributed by atoms with E-state index in [1.807, 2.05) is 90.8 Å². The quantitative estimate of drug-likeness (QED) is 0.615. The molecule has 0 aliphatic carbocycles. The van der Waals surface area contributed by atoms with Crippen LogP contribution in [0, 0.1) is 0 Å². The fourth-order valence-corrected chi connectivity index (χ4v) is 3.30. The first-order chi connectivity index (χ1) is 14.1. The van der Waals surface area contributed by atoms with Crippen LogP contribution in [0.5, 0.6) is 11.5 Å². The van der Waals surface area contributed by atoms with E-state index in [1.165, 1.54) is 0 Å². The smallest absolute Gasteiger partial charge is 0.246 e. The Balaban J connectivity index is 1.84. The van der Waals surface area contributed by atoms with E-state index in [0.29, 0.717) is 18.0 Å². The maximum Gasteiger partial charge on any atom is 0.246 e. The number of anilines is 1. The van der Waals surface area contributed by atoms with Crippen LogP contribution in [-0.4, -0.2) is 32.1 Å². The Kier molecular flexibility index (Phi) is 6.87. The topological polar surface area (TPSA) is 50.8 Å². The fourth-order valence-electron chi connectivity index (χ4n) is 3.30. The van der Waals surface area contributed by atoms with Crippen LogP contribution in [0.2, 0.25) is 0 Å². The number of amides is 1. The third kappa shape index (κ3) is 5.36. The molecule has 0 fully saturated rings. The molecule has 0 radical (unpaired) electrons.